The van der Waals surface area contributed by atoms with E-state index in [0.29, 0.717) is 35.2 Å². The van der Waals surface area contributed by atoms with Gasteiger partial charge in [-0.3, -0.25) is 0 Å². The van der Waals surface area contributed by atoms with E-state index >= 15 is 0 Å². The molecule has 0 bridgehead atoms. The van der Waals surface area contributed by atoms with Crippen LogP contribution >= 0.6 is 11.6 Å². The summed E-state index contributed by atoms with van der Waals surface area (Å²) in [6, 6.07) is 6.17. The number of dihydropyridines is 1. The highest BCUT2D eigenvalue weighted by atomic mass is 35.5. The molecule has 1 aliphatic rings. The predicted molar refractivity (Wildman–Crippen MR) is 98.8 cm³/mol. The van der Waals surface area contributed by atoms with Gasteiger partial charge in [-0.25, -0.2) is 9.18 Å². The zero-order chi connectivity index (χ0) is 19.3. The van der Waals surface area contributed by atoms with E-state index in [4.69, 9.17) is 16.3 Å². The van der Waals surface area contributed by atoms with Gasteiger partial charge in [0.25, 0.3) is 0 Å². The Morgan fingerprint density at radius 3 is 2.69 bits per heavy atom. The Morgan fingerprint density at radius 1 is 1.38 bits per heavy atom. The molecule has 1 unspecified atom stereocenters. The van der Waals surface area contributed by atoms with Crippen molar-refractivity contribution in [1.29, 1.82) is 5.26 Å². The topological polar surface area (TPSA) is 62.1 Å². The fourth-order valence-corrected chi connectivity index (χ4v) is 3.33. The van der Waals surface area contributed by atoms with Crippen molar-refractivity contribution in [3.63, 3.8) is 0 Å². The van der Waals surface area contributed by atoms with Crippen LogP contribution in [0.3, 0.4) is 0 Å². The molecule has 0 saturated heterocycles. The van der Waals surface area contributed by atoms with Crippen LogP contribution in [0.5, 0.6) is 0 Å². The number of benzene rings is 1. The zero-order valence-corrected chi connectivity index (χ0v) is 15.9. The van der Waals surface area contributed by atoms with Gasteiger partial charge in [0.1, 0.15) is 5.82 Å². The maximum atomic E-state index is 13.5. The van der Waals surface area contributed by atoms with Gasteiger partial charge >= 0.3 is 5.97 Å². The maximum absolute atomic E-state index is 13.5. The van der Waals surface area contributed by atoms with E-state index in [1.807, 2.05) is 13.8 Å². The molecule has 26 heavy (non-hydrogen) atoms. The number of nitrogens with zero attached hydrogens (tertiary/aromatic N) is 1. The fraction of sp³-hybridized carbons (Fsp3) is 0.400. The molecule has 1 aromatic rings. The molecule has 1 heterocycles. The first kappa shape index (κ1) is 20.0. The van der Waals surface area contributed by atoms with E-state index in [1.165, 1.54) is 18.2 Å². The number of esters is 1. The normalized spacial score (nSPS) is 17.0. The molecule has 1 N–H and O–H groups in total. The van der Waals surface area contributed by atoms with Gasteiger partial charge in [-0.1, -0.05) is 37.9 Å². The monoisotopic (exact) mass is 376 g/mol. The number of allylic oxidation sites excluding steroid dienone is 3. The van der Waals surface area contributed by atoms with Crippen LogP contribution in [0, 0.1) is 17.1 Å². The van der Waals surface area contributed by atoms with Gasteiger partial charge in [-0.05, 0) is 37.5 Å². The van der Waals surface area contributed by atoms with E-state index in [2.05, 4.69) is 11.4 Å². The molecule has 0 radical (unpaired) electrons. The Hall–Kier alpha value is -2.32. The molecule has 0 saturated carbocycles. The minimum absolute atomic E-state index is 0.175. The highest BCUT2D eigenvalue weighted by molar-refractivity contribution is 6.31. The minimum atomic E-state index is -0.680. The van der Waals surface area contributed by atoms with Gasteiger partial charge in [-0.2, -0.15) is 5.26 Å². The van der Waals surface area contributed by atoms with Crippen LogP contribution in [-0.4, -0.2) is 12.6 Å². The van der Waals surface area contributed by atoms with Crippen molar-refractivity contribution in [3.05, 3.63) is 57.1 Å². The van der Waals surface area contributed by atoms with Crippen molar-refractivity contribution in [2.24, 2.45) is 0 Å². The highest BCUT2D eigenvalue weighted by Crippen LogP contribution is 2.42. The Kier molecular flexibility index (Phi) is 6.82. The Balaban J connectivity index is 2.66. The third-order valence-corrected chi connectivity index (χ3v) is 4.52. The lowest BCUT2D eigenvalue weighted by Crippen LogP contribution is -2.30. The second-order valence-electron chi connectivity index (χ2n) is 6.15. The summed E-state index contributed by atoms with van der Waals surface area (Å²) in [5.41, 5.74) is 2.64. The Labute approximate surface area is 158 Å². The second kappa shape index (κ2) is 8.86. The summed E-state index contributed by atoms with van der Waals surface area (Å²) in [6.45, 7) is 5.98. The number of nitriles is 1. The quantitative estimate of drug-likeness (QED) is 0.712. The summed E-state index contributed by atoms with van der Waals surface area (Å²) in [5.74, 6) is -1.63. The molecule has 0 aliphatic carbocycles. The van der Waals surface area contributed by atoms with E-state index < -0.39 is 17.7 Å². The van der Waals surface area contributed by atoms with E-state index in [0.717, 1.165) is 12.1 Å². The van der Waals surface area contributed by atoms with Crippen molar-refractivity contribution >= 4 is 17.6 Å². The van der Waals surface area contributed by atoms with Crippen LogP contribution in [0.2, 0.25) is 5.02 Å². The van der Waals surface area contributed by atoms with Crippen LogP contribution < -0.4 is 5.32 Å². The van der Waals surface area contributed by atoms with E-state index in [1.54, 1.807) is 6.92 Å². The number of carbonyl (C=O) groups excluding carboxylic acids is 1. The van der Waals surface area contributed by atoms with Crippen LogP contribution in [-0.2, 0) is 9.53 Å². The van der Waals surface area contributed by atoms with Gasteiger partial charge in [0, 0.05) is 16.4 Å². The van der Waals surface area contributed by atoms with E-state index in [-0.39, 0.29) is 11.6 Å². The molecule has 138 valence electrons. The number of ether oxygens (including phenoxy) is 1. The van der Waals surface area contributed by atoms with Crippen molar-refractivity contribution in [2.75, 3.05) is 6.61 Å². The summed E-state index contributed by atoms with van der Waals surface area (Å²) < 4.78 is 18.9. The molecule has 0 amide bonds. The summed E-state index contributed by atoms with van der Waals surface area (Å²) in [7, 11) is 0. The van der Waals surface area contributed by atoms with Crippen LogP contribution in [0.4, 0.5) is 4.39 Å². The lowest BCUT2D eigenvalue weighted by atomic mass is 9.80. The van der Waals surface area contributed by atoms with Crippen molar-refractivity contribution < 1.29 is 13.9 Å². The molecule has 0 spiro atoms. The van der Waals surface area contributed by atoms with Gasteiger partial charge in [0.2, 0.25) is 0 Å². The van der Waals surface area contributed by atoms with Gasteiger partial charge in [0.05, 0.1) is 29.7 Å². The smallest absolute Gasteiger partial charge is 0.336 e. The molecular formula is C20H22ClFN2O2. The van der Waals surface area contributed by atoms with E-state index in [9.17, 15) is 14.4 Å². The number of carbonyl (C=O) groups is 1. The maximum Gasteiger partial charge on any atom is 0.336 e. The minimum Gasteiger partial charge on any atom is -0.462 e. The summed E-state index contributed by atoms with van der Waals surface area (Å²) in [6.07, 6.45) is 2.13. The predicted octanol–water partition coefficient (Wildman–Crippen LogP) is 4.97. The largest absolute Gasteiger partial charge is 0.462 e. The van der Waals surface area contributed by atoms with Crippen LogP contribution in [0.15, 0.2) is 40.7 Å². The average Bonchev–Trinajstić information content (AvgIpc) is 2.59. The zero-order valence-electron chi connectivity index (χ0n) is 15.2. The van der Waals surface area contributed by atoms with Crippen molar-refractivity contribution in [1.82, 2.24) is 5.32 Å². The fourth-order valence-electron chi connectivity index (χ4n) is 3.05. The number of hydrogen-bond acceptors (Lipinski definition) is 4. The van der Waals surface area contributed by atoms with Crippen LogP contribution in [0.25, 0.3) is 0 Å². The molecule has 2 rings (SSSR count). The first-order chi connectivity index (χ1) is 12.4. The third kappa shape index (κ3) is 4.08. The van der Waals surface area contributed by atoms with Crippen molar-refractivity contribution in [2.45, 2.75) is 46.0 Å². The first-order valence-corrected chi connectivity index (χ1v) is 9.05. The van der Waals surface area contributed by atoms with Gasteiger partial charge < -0.3 is 10.1 Å². The summed E-state index contributed by atoms with van der Waals surface area (Å²) in [5, 5.41) is 13.0. The molecule has 0 fully saturated rings. The Bertz CT molecular complexity index is 809. The molecule has 1 aromatic carbocycles. The third-order valence-electron chi connectivity index (χ3n) is 4.20. The number of halogens is 2. The molecule has 0 aromatic heterocycles. The first-order valence-electron chi connectivity index (χ1n) is 8.67. The van der Waals surface area contributed by atoms with Crippen molar-refractivity contribution in [3.8, 4) is 6.07 Å². The molecular weight excluding hydrogens is 355 g/mol. The standard InChI is InChI=1S/C20H22ClFN2O2/c1-4-6-17-19(20(25)26-9-5-2)18(15(11-23)12(3)24-17)14-8-7-13(22)10-16(14)21/h7-8,10,18,24H,4-6,9H2,1-3H3. The average molecular weight is 377 g/mol. The Morgan fingerprint density at radius 2 is 2.12 bits per heavy atom. The molecule has 1 atom stereocenters. The van der Waals surface area contributed by atoms with Gasteiger partial charge in [0.15, 0.2) is 0 Å². The van der Waals surface area contributed by atoms with Crippen LogP contribution in [0.1, 0.15) is 51.5 Å². The number of hydrogen-bond donors (Lipinski definition) is 1. The number of nitrogens with one attached hydrogen (secondary N) is 1. The number of rotatable bonds is 6. The molecule has 6 heteroatoms. The molecule has 4 nitrogen and oxygen atoms in total. The lowest BCUT2D eigenvalue weighted by Gasteiger charge is -2.30. The van der Waals surface area contributed by atoms with Gasteiger partial charge in [-0.15, -0.1) is 0 Å². The molecule has 1 aliphatic heterocycles. The second-order valence-corrected chi connectivity index (χ2v) is 6.56. The highest BCUT2D eigenvalue weighted by Gasteiger charge is 2.36. The summed E-state index contributed by atoms with van der Waals surface area (Å²) >= 11 is 6.26. The summed E-state index contributed by atoms with van der Waals surface area (Å²) in [4.78, 5) is 12.8. The SMILES string of the molecule is CCCOC(=O)C1=C(CCC)NC(C)=C(C#N)C1c1ccc(F)cc1Cl. The lowest BCUT2D eigenvalue weighted by molar-refractivity contribution is -0.139.